The first kappa shape index (κ1) is 11.0. The van der Waals surface area contributed by atoms with Crippen LogP contribution >= 0.6 is 22.9 Å². The van der Waals surface area contributed by atoms with Gasteiger partial charge in [0, 0.05) is 10.9 Å². The third kappa shape index (κ3) is 2.68. The van der Waals surface area contributed by atoms with Crippen molar-refractivity contribution in [3.63, 3.8) is 0 Å². The second-order valence-electron chi connectivity index (χ2n) is 3.41. The topological polar surface area (TPSA) is 46.2 Å². The molecule has 0 radical (unpaired) electrons. The Balaban J connectivity index is 2.73. The first-order chi connectivity index (χ1) is 6.02. The van der Waals surface area contributed by atoms with E-state index < -0.39 is 6.10 Å². The van der Waals surface area contributed by atoms with Gasteiger partial charge in [-0.05, 0) is 18.1 Å². The van der Waals surface area contributed by atoms with Crippen molar-refractivity contribution in [1.82, 2.24) is 0 Å². The van der Waals surface area contributed by atoms with Crippen molar-refractivity contribution in [2.24, 2.45) is 11.7 Å². The van der Waals surface area contributed by atoms with E-state index in [4.69, 9.17) is 17.3 Å². The van der Waals surface area contributed by atoms with Crippen molar-refractivity contribution in [3.05, 3.63) is 21.3 Å². The van der Waals surface area contributed by atoms with Crippen LogP contribution in [0, 0.1) is 5.92 Å². The molecule has 1 aromatic heterocycles. The first-order valence-corrected chi connectivity index (χ1v) is 5.40. The Hall–Kier alpha value is -0.0900. The van der Waals surface area contributed by atoms with Gasteiger partial charge < -0.3 is 10.8 Å². The smallest absolute Gasteiger partial charge is 0.103 e. The first-order valence-electron chi connectivity index (χ1n) is 4.21. The lowest BCUT2D eigenvalue weighted by atomic mass is 9.99. The minimum absolute atomic E-state index is 0.227. The third-order valence-electron chi connectivity index (χ3n) is 2.02. The molecule has 13 heavy (non-hydrogen) atoms. The molecule has 0 aliphatic carbocycles. The van der Waals surface area contributed by atoms with E-state index in [1.54, 1.807) is 6.07 Å². The van der Waals surface area contributed by atoms with Crippen molar-refractivity contribution < 1.29 is 5.11 Å². The number of rotatable bonds is 3. The normalized spacial score (nSPS) is 16.2. The van der Waals surface area contributed by atoms with Crippen LogP contribution in [0.15, 0.2) is 12.1 Å². The zero-order valence-electron chi connectivity index (χ0n) is 7.70. The molecule has 2 nitrogen and oxygen atoms in total. The summed E-state index contributed by atoms with van der Waals surface area (Å²) in [5.74, 6) is 0.260. The molecule has 0 bridgehead atoms. The van der Waals surface area contributed by atoms with Gasteiger partial charge in [-0.25, -0.2) is 0 Å². The largest absolute Gasteiger partial charge is 0.386 e. The molecule has 74 valence electrons. The van der Waals surface area contributed by atoms with Crippen LogP contribution in [0.3, 0.4) is 0 Å². The number of aliphatic hydroxyl groups is 1. The van der Waals surface area contributed by atoms with Crippen molar-refractivity contribution in [1.29, 1.82) is 0 Å². The standard InChI is InChI=1S/C9H14ClNOS/c1-5(2)8(11)9(12)6-3-4-7(10)13-6/h3-5,8-9,12H,11H2,1-2H3. The predicted molar refractivity (Wildman–Crippen MR) is 57.1 cm³/mol. The molecule has 4 heteroatoms. The monoisotopic (exact) mass is 219 g/mol. The van der Waals surface area contributed by atoms with Crippen molar-refractivity contribution in [2.75, 3.05) is 0 Å². The lowest BCUT2D eigenvalue weighted by Crippen LogP contribution is -2.33. The SMILES string of the molecule is CC(C)C(N)C(O)c1ccc(Cl)s1. The molecule has 0 saturated carbocycles. The van der Waals surface area contributed by atoms with E-state index >= 15 is 0 Å². The minimum atomic E-state index is -0.600. The Kier molecular flexibility index (Phi) is 3.74. The minimum Gasteiger partial charge on any atom is -0.386 e. The molecule has 3 N–H and O–H groups in total. The average Bonchev–Trinajstić information content (AvgIpc) is 2.49. The number of hydrogen-bond acceptors (Lipinski definition) is 3. The molecule has 0 aliphatic rings. The molecule has 1 rings (SSSR count). The lowest BCUT2D eigenvalue weighted by molar-refractivity contribution is 0.129. The predicted octanol–water partition coefficient (Wildman–Crippen LogP) is 2.42. The summed E-state index contributed by atoms with van der Waals surface area (Å²) in [6.45, 7) is 3.98. The van der Waals surface area contributed by atoms with Gasteiger partial charge in [0.15, 0.2) is 0 Å². The fraction of sp³-hybridized carbons (Fsp3) is 0.556. The van der Waals surface area contributed by atoms with Crippen LogP contribution in [-0.2, 0) is 0 Å². The van der Waals surface area contributed by atoms with Gasteiger partial charge in [0.05, 0.1) is 4.34 Å². The van der Waals surface area contributed by atoms with Gasteiger partial charge in [-0.3, -0.25) is 0 Å². The van der Waals surface area contributed by atoms with E-state index in [1.165, 1.54) is 11.3 Å². The Bertz CT molecular complexity index is 274. The summed E-state index contributed by atoms with van der Waals surface area (Å²) in [6.07, 6.45) is -0.600. The zero-order chi connectivity index (χ0) is 10.0. The van der Waals surface area contributed by atoms with Crippen LogP contribution in [0.25, 0.3) is 0 Å². The van der Waals surface area contributed by atoms with Gasteiger partial charge in [0.2, 0.25) is 0 Å². The Morgan fingerprint density at radius 1 is 1.46 bits per heavy atom. The fourth-order valence-corrected chi connectivity index (χ4v) is 2.15. The molecule has 1 heterocycles. The maximum absolute atomic E-state index is 9.80. The number of halogens is 1. The fourth-order valence-electron chi connectivity index (χ4n) is 1.04. The van der Waals surface area contributed by atoms with Crippen LogP contribution in [0.4, 0.5) is 0 Å². The van der Waals surface area contributed by atoms with Gasteiger partial charge in [-0.1, -0.05) is 25.4 Å². The Labute approximate surface area is 87.3 Å². The summed E-state index contributed by atoms with van der Waals surface area (Å²) in [5.41, 5.74) is 5.81. The maximum atomic E-state index is 9.80. The summed E-state index contributed by atoms with van der Waals surface area (Å²) >= 11 is 7.13. The molecular weight excluding hydrogens is 206 g/mol. The highest BCUT2D eigenvalue weighted by molar-refractivity contribution is 7.16. The summed E-state index contributed by atoms with van der Waals surface area (Å²) < 4.78 is 0.685. The van der Waals surface area contributed by atoms with E-state index in [-0.39, 0.29) is 12.0 Å². The van der Waals surface area contributed by atoms with Crippen LogP contribution in [0.5, 0.6) is 0 Å². The highest BCUT2D eigenvalue weighted by Crippen LogP contribution is 2.29. The van der Waals surface area contributed by atoms with E-state index in [1.807, 2.05) is 19.9 Å². The lowest BCUT2D eigenvalue weighted by Gasteiger charge is -2.20. The van der Waals surface area contributed by atoms with Gasteiger partial charge in [0.1, 0.15) is 6.10 Å². The van der Waals surface area contributed by atoms with Crippen molar-refractivity contribution in [3.8, 4) is 0 Å². The number of hydrogen-bond donors (Lipinski definition) is 2. The average molecular weight is 220 g/mol. The molecular formula is C9H14ClNOS. The third-order valence-corrected chi connectivity index (χ3v) is 3.32. The number of aliphatic hydroxyl groups excluding tert-OH is 1. The van der Waals surface area contributed by atoms with Crippen LogP contribution in [-0.4, -0.2) is 11.1 Å². The van der Waals surface area contributed by atoms with Crippen LogP contribution in [0.1, 0.15) is 24.8 Å². The molecule has 0 aromatic carbocycles. The summed E-state index contributed by atoms with van der Waals surface area (Å²) in [6, 6.07) is 3.37. The van der Waals surface area contributed by atoms with Crippen molar-refractivity contribution >= 4 is 22.9 Å². The molecule has 0 saturated heterocycles. The van der Waals surface area contributed by atoms with Gasteiger partial charge in [0.25, 0.3) is 0 Å². The molecule has 0 aliphatic heterocycles. The number of nitrogens with two attached hydrogens (primary N) is 1. The quantitative estimate of drug-likeness (QED) is 0.820. The van der Waals surface area contributed by atoms with E-state index in [0.29, 0.717) is 4.34 Å². The Morgan fingerprint density at radius 3 is 2.46 bits per heavy atom. The second kappa shape index (κ2) is 4.42. The molecule has 0 fully saturated rings. The molecule has 2 unspecified atom stereocenters. The van der Waals surface area contributed by atoms with Crippen LogP contribution in [0.2, 0.25) is 4.34 Å². The summed E-state index contributed by atoms with van der Waals surface area (Å²) in [4.78, 5) is 0.839. The highest BCUT2D eigenvalue weighted by atomic mass is 35.5. The summed E-state index contributed by atoms with van der Waals surface area (Å²) in [7, 11) is 0. The molecule has 0 spiro atoms. The summed E-state index contributed by atoms with van der Waals surface area (Å²) in [5, 5.41) is 9.80. The Morgan fingerprint density at radius 2 is 2.08 bits per heavy atom. The second-order valence-corrected chi connectivity index (χ2v) is 5.15. The maximum Gasteiger partial charge on any atom is 0.103 e. The molecule has 2 atom stereocenters. The zero-order valence-corrected chi connectivity index (χ0v) is 9.27. The number of thiophene rings is 1. The van der Waals surface area contributed by atoms with E-state index in [0.717, 1.165) is 4.88 Å². The van der Waals surface area contributed by atoms with Gasteiger partial charge in [-0.15, -0.1) is 11.3 Å². The van der Waals surface area contributed by atoms with E-state index in [2.05, 4.69) is 0 Å². The van der Waals surface area contributed by atoms with Crippen molar-refractivity contribution in [2.45, 2.75) is 26.0 Å². The van der Waals surface area contributed by atoms with Gasteiger partial charge in [-0.2, -0.15) is 0 Å². The highest BCUT2D eigenvalue weighted by Gasteiger charge is 2.21. The van der Waals surface area contributed by atoms with E-state index in [9.17, 15) is 5.11 Å². The van der Waals surface area contributed by atoms with Gasteiger partial charge >= 0.3 is 0 Å². The molecule has 0 amide bonds. The molecule has 1 aromatic rings. The van der Waals surface area contributed by atoms with Crippen LogP contribution < -0.4 is 5.73 Å².